The van der Waals surface area contributed by atoms with Crippen molar-refractivity contribution in [2.75, 3.05) is 0 Å². The van der Waals surface area contributed by atoms with E-state index in [1.165, 1.54) is 5.56 Å². The van der Waals surface area contributed by atoms with Crippen LogP contribution in [-0.4, -0.2) is 5.11 Å². The lowest BCUT2D eigenvalue weighted by Crippen LogP contribution is -1.87. The Morgan fingerprint density at radius 3 is 2.62 bits per heavy atom. The topological polar surface area (TPSA) is 20.2 Å². The van der Waals surface area contributed by atoms with Gasteiger partial charge in [0.05, 0.1) is 0 Å². The van der Waals surface area contributed by atoms with Gasteiger partial charge >= 0.3 is 0 Å². The molecule has 0 saturated carbocycles. The predicted molar refractivity (Wildman–Crippen MR) is 67.9 cm³/mol. The summed E-state index contributed by atoms with van der Waals surface area (Å²) in [6.07, 6.45) is 0.947. The van der Waals surface area contributed by atoms with Crippen molar-refractivity contribution in [1.29, 1.82) is 0 Å². The van der Waals surface area contributed by atoms with E-state index < -0.39 is 0 Å². The molecule has 1 N–H and O–H groups in total. The lowest BCUT2D eigenvalue weighted by atomic mass is 9.98. The molecule has 0 aliphatic heterocycles. The molecule has 0 atom stereocenters. The van der Waals surface area contributed by atoms with Crippen LogP contribution in [0.5, 0.6) is 5.75 Å². The number of hydrogen-bond acceptors (Lipinski definition) is 1. The summed E-state index contributed by atoms with van der Waals surface area (Å²) in [4.78, 5) is 0. The summed E-state index contributed by atoms with van der Waals surface area (Å²) in [5, 5.41) is 10.2. The van der Waals surface area contributed by atoms with Gasteiger partial charge in [0.2, 0.25) is 0 Å². The summed E-state index contributed by atoms with van der Waals surface area (Å²) < 4.78 is 0. The molecule has 0 unspecified atom stereocenters. The van der Waals surface area contributed by atoms with E-state index in [2.05, 4.69) is 6.92 Å². The van der Waals surface area contributed by atoms with Crippen LogP contribution in [0, 0.1) is 0 Å². The molecule has 0 radical (unpaired) electrons. The van der Waals surface area contributed by atoms with Gasteiger partial charge in [-0.05, 0) is 47.4 Å². The van der Waals surface area contributed by atoms with Gasteiger partial charge in [0.15, 0.2) is 0 Å². The fraction of sp³-hybridized carbons (Fsp3) is 0.143. The molecule has 82 valence electrons. The Balaban J connectivity index is 2.58. The summed E-state index contributed by atoms with van der Waals surface area (Å²) in [5.41, 5.74) is 3.32. The smallest absolute Gasteiger partial charge is 0.116 e. The monoisotopic (exact) mass is 232 g/mol. The Bertz CT molecular complexity index is 506. The SMILES string of the molecule is CCc1ccc(Cl)cc1-c1cccc(O)c1. The molecule has 2 aromatic rings. The van der Waals surface area contributed by atoms with Crippen LogP contribution in [0.25, 0.3) is 11.1 Å². The van der Waals surface area contributed by atoms with Crippen molar-refractivity contribution in [3.05, 3.63) is 53.1 Å². The Morgan fingerprint density at radius 1 is 1.12 bits per heavy atom. The van der Waals surface area contributed by atoms with Crippen LogP contribution in [0.2, 0.25) is 5.02 Å². The van der Waals surface area contributed by atoms with Crippen LogP contribution < -0.4 is 0 Å². The second-order valence-electron chi connectivity index (χ2n) is 3.71. The zero-order chi connectivity index (χ0) is 11.5. The van der Waals surface area contributed by atoms with Gasteiger partial charge in [-0.1, -0.05) is 36.7 Å². The molecule has 2 heteroatoms. The second kappa shape index (κ2) is 4.58. The maximum absolute atomic E-state index is 9.47. The lowest BCUT2D eigenvalue weighted by molar-refractivity contribution is 0.475. The first kappa shape index (κ1) is 11.0. The van der Waals surface area contributed by atoms with Crippen molar-refractivity contribution < 1.29 is 5.11 Å². The number of benzene rings is 2. The fourth-order valence-corrected chi connectivity index (χ4v) is 1.97. The van der Waals surface area contributed by atoms with Crippen LogP contribution in [0.1, 0.15) is 12.5 Å². The van der Waals surface area contributed by atoms with Crippen LogP contribution in [0.15, 0.2) is 42.5 Å². The lowest BCUT2D eigenvalue weighted by Gasteiger charge is -2.09. The Labute approximate surface area is 100 Å². The molecule has 0 heterocycles. The molecule has 0 aliphatic rings. The minimum Gasteiger partial charge on any atom is -0.508 e. The maximum atomic E-state index is 9.47. The Hall–Kier alpha value is -1.47. The molecule has 0 fully saturated rings. The molecule has 16 heavy (non-hydrogen) atoms. The minimum absolute atomic E-state index is 0.277. The van der Waals surface area contributed by atoms with Gasteiger partial charge < -0.3 is 5.11 Å². The number of hydrogen-bond donors (Lipinski definition) is 1. The zero-order valence-corrected chi connectivity index (χ0v) is 9.83. The third kappa shape index (κ3) is 2.20. The molecule has 2 aromatic carbocycles. The first-order valence-corrected chi connectivity index (χ1v) is 5.66. The largest absolute Gasteiger partial charge is 0.508 e. The molecule has 0 aliphatic carbocycles. The molecule has 2 rings (SSSR count). The number of halogens is 1. The van der Waals surface area contributed by atoms with Crippen molar-refractivity contribution >= 4 is 11.6 Å². The Morgan fingerprint density at radius 2 is 1.94 bits per heavy atom. The molecular formula is C14H13ClO. The molecule has 0 spiro atoms. The quantitative estimate of drug-likeness (QED) is 0.820. The highest BCUT2D eigenvalue weighted by Gasteiger charge is 2.05. The third-order valence-corrected chi connectivity index (χ3v) is 2.85. The van der Waals surface area contributed by atoms with Crippen LogP contribution in [0.3, 0.4) is 0 Å². The number of aromatic hydroxyl groups is 1. The van der Waals surface area contributed by atoms with Crippen molar-refractivity contribution in [3.63, 3.8) is 0 Å². The average molecular weight is 233 g/mol. The first-order valence-electron chi connectivity index (χ1n) is 5.28. The van der Waals surface area contributed by atoms with Crippen molar-refractivity contribution in [2.45, 2.75) is 13.3 Å². The van der Waals surface area contributed by atoms with Gasteiger partial charge in [0, 0.05) is 5.02 Å². The molecular weight excluding hydrogens is 220 g/mol. The number of aryl methyl sites for hydroxylation is 1. The van der Waals surface area contributed by atoms with E-state index in [9.17, 15) is 5.11 Å². The molecule has 0 aromatic heterocycles. The third-order valence-electron chi connectivity index (χ3n) is 2.61. The number of rotatable bonds is 2. The molecule has 0 bridgehead atoms. The van der Waals surface area contributed by atoms with Crippen molar-refractivity contribution in [2.24, 2.45) is 0 Å². The van der Waals surface area contributed by atoms with Gasteiger partial charge in [0.25, 0.3) is 0 Å². The van der Waals surface area contributed by atoms with Gasteiger partial charge in [-0.3, -0.25) is 0 Å². The van der Waals surface area contributed by atoms with Gasteiger partial charge in [0.1, 0.15) is 5.75 Å². The summed E-state index contributed by atoms with van der Waals surface area (Å²) in [7, 11) is 0. The highest BCUT2D eigenvalue weighted by Crippen LogP contribution is 2.29. The zero-order valence-electron chi connectivity index (χ0n) is 9.07. The van der Waals surface area contributed by atoms with Gasteiger partial charge in [-0.15, -0.1) is 0 Å². The standard InChI is InChI=1S/C14H13ClO/c1-2-10-6-7-12(15)9-14(10)11-4-3-5-13(16)8-11/h3-9,16H,2H2,1H3. The van der Waals surface area contributed by atoms with Crippen LogP contribution in [0.4, 0.5) is 0 Å². The van der Waals surface area contributed by atoms with E-state index >= 15 is 0 Å². The first-order chi connectivity index (χ1) is 7.70. The molecule has 0 amide bonds. The van der Waals surface area contributed by atoms with Crippen LogP contribution >= 0.6 is 11.6 Å². The molecule has 1 nitrogen and oxygen atoms in total. The highest BCUT2D eigenvalue weighted by atomic mass is 35.5. The summed E-state index contributed by atoms with van der Waals surface area (Å²) in [6, 6.07) is 13.1. The Kier molecular flexibility index (Phi) is 3.16. The predicted octanol–water partition coefficient (Wildman–Crippen LogP) is 4.28. The van der Waals surface area contributed by atoms with E-state index in [1.807, 2.05) is 30.3 Å². The summed E-state index contributed by atoms with van der Waals surface area (Å²) in [6.45, 7) is 2.11. The molecule has 0 saturated heterocycles. The van der Waals surface area contributed by atoms with E-state index in [0.717, 1.165) is 22.6 Å². The average Bonchev–Trinajstić information content (AvgIpc) is 2.29. The fourth-order valence-electron chi connectivity index (χ4n) is 1.80. The van der Waals surface area contributed by atoms with E-state index in [0.29, 0.717) is 0 Å². The maximum Gasteiger partial charge on any atom is 0.116 e. The van der Waals surface area contributed by atoms with Crippen LogP contribution in [-0.2, 0) is 6.42 Å². The number of phenolic OH excluding ortho intramolecular Hbond substituents is 1. The summed E-state index contributed by atoms with van der Waals surface area (Å²) in [5.74, 6) is 0.277. The highest BCUT2D eigenvalue weighted by molar-refractivity contribution is 6.30. The van der Waals surface area contributed by atoms with E-state index in [1.54, 1.807) is 12.1 Å². The number of phenols is 1. The van der Waals surface area contributed by atoms with Gasteiger partial charge in [-0.2, -0.15) is 0 Å². The van der Waals surface area contributed by atoms with E-state index in [4.69, 9.17) is 11.6 Å². The van der Waals surface area contributed by atoms with Gasteiger partial charge in [-0.25, -0.2) is 0 Å². The second-order valence-corrected chi connectivity index (χ2v) is 4.14. The van der Waals surface area contributed by atoms with Crippen molar-refractivity contribution in [3.8, 4) is 16.9 Å². The summed E-state index contributed by atoms with van der Waals surface area (Å²) >= 11 is 6.00. The minimum atomic E-state index is 0.277. The van der Waals surface area contributed by atoms with E-state index in [-0.39, 0.29) is 5.75 Å². The van der Waals surface area contributed by atoms with Crippen molar-refractivity contribution in [1.82, 2.24) is 0 Å². The normalized spacial score (nSPS) is 10.4.